The van der Waals surface area contributed by atoms with E-state index in [1.54, 1.807) is 0 Å². The Morgan fingerprint density at radius 3 is 2.91 bits per heavy atom. The van der Waals surface area contributed by atoms with Crippen LogP contribution in [0.1, 0.15) is 59.8 Å². The van der Waals surface area contributed by atoms with E-state index >= 15 is 0 Å². The van der Waals surface area contributed by atoms with Gasteiger partial charge in [0.2, 0.25) is 5.91 Å². The minimum absolute atomic E-state index is 0.0448. The van der Waals surface area contributed by atoms with Gasteiger partial charge in [0, 0.05) is 31.2 Å². The summed E-state index contributed by atoms with van der Waals surface area (Å²) in [5.41, 5.74) is 2.17. The molecule has 1 atom stereocenters. The van der Waals surface area contributed by atoms with Crippen molar-refractivity contribution >= 4 is 11.8 Å². The molecular weight excluding hydrogens is 280 g/mol. The van der Waals surface area contributed by atoms with E-state index in [9.17, 15) is 9.59 Å². The van der Waals surface area contributed by atoms with Gasteiger partial charge in [0.15, 0.2) is 0 Å². The first-order valence-electron chi connectivity index (χ1n) is 8.23. The molecule has 1 spiro atoms. The Kier molecular flexibility index (Phi) is 3.03. The van der Waals surface area contributed by atoms with Crippen LogP contribution in [0.5, 0.6) is 0 Å². The van der Waals surface area contributed by atoms with E-state index in [-0.39, 0.29) is 17.2 Å². The van der Waals surface area contributed by atoms with Gasteiger partial charge in [-0.3, -0.25) is 14.7 Å². The number of aromatic nitrogens is 2. The number of amides is 2. The lowest BCUT2D eigenvalue weighted by atomic mass is 9.79. The summed E-state index contributed by atoms with van der Waals surface area (Å²) < 4.78 is 0. The predicted octanol–water partition coefficient (Wildman–Crippen LogP) is 1.34. The Balaban J connectivity index is 1.57. The highest BCUT2D eigenvalue weighted by molar-refractivity contribution is 5.97. The van der Waals surface area contributed by atoms with Crippen LogP contribution < -0.4 is 5.32 Å². The average molecular weight is 302 g/mol. The Morgan fingerprint density at radius 2 is 2.18 bits per heavy atom. The Hall–Kier alpha value is -1.85. The van der Waals surface area contributed by atoms with E-state index in [2.05, 4.69) is 15.5 Å². The minimum atomic E-state index is -0.356. The molecule has 0 bridgehead atoms. The van der Waals surface area contributed by atoms with Crippen LogP contribution in [0.15, 0.2) is 0 Å². The molecule has 1 saturated carbocycles. The minimum Gasteiger partial charge on any atom is -0.356 e. The van der Waals surface area contributed by atoms with Gasteiger partial charge in [0.1, 0.15) is 0 Å². The summed E-state index contributed by atoms with van der Waals surface area (Å²) >= 11 is 0. The molecule has 1 unspecified atom stereocenters. The molecule has 2 amide bonds. The van der Waals surface area contributed by atoms with Crippen molar-refractivity contribution in [2.24, 2.45) is 5.41 Å². The molecule has 1 aromatic rings. The summed E-state index contributed by atoms with van der Waals surface area (Å²) in [5.74, 6) is 0.613. The van der Waals surface area contributed by atoms with Gasteiger partial charge in [-0.1, -0.05) is 0 Å². The van der Waals surface area contributed by atoms with Gasteiger partial charge in [-0.15, -0.1) is 0 Å². The SMILES string of the molecule is Cc1[nH]nc(C2CC2)c1C(=O)N1CCC2(CCCNC2=O)C1. The van der Waals surface area contributed by atoms with Gasteiger partial charge in [-0.2, -0.15) is 5.10 Å². The van der Waals surface area contributed by atoms with Crippen LogP contribution in [-0.2, 0) is 4.79 Å². The molecule has 22 heavy (non-hydrogen) atoms. The van der Waals surface area contributed by atoms with E-state index in [0.717, 1.165) is 55.6 Å². The molecule has 4 rings (SSSR count). The van der Waals surface area contributed by atoms with Gasteiger partial charge in [-0.25, -0.2) is 0 Å². The standard InChI is InChI=1S/C16H22N4O2/c1-10-12(13(19-18-10)11-3-4-11)14(21)20-8-6-16(9-20)5-2-7-17-15(16)22/h11H,2-9H2,1H3,(H,17,22)(H,18,19). The summed E-state index contributed by atoms with van der Waals surface area (Å²) in [6.07, 6.45) is 4.92. The first kappa shape index (κ1) is 13.8. The monoisotopic (exact) mass is 302 g/mol. The van der Waals surface area contributed by atoms with Crippen LogP contribution in [0.25, 0.3) is 0 Å². The van der Waals surface area contributed by atoms with Crippen molar-refractivity contribution in [2.75, 3.05) is 19.6 Å². The van der Waals surface area contributed by atoms with Crippen LogP contribution in [0.2, 0.25) is 0 Å². The second kappa shape index (κ2) is 4.83. The van der Waals surface area contributed by atoms with Gasteiger partial charge in [0.25, 0.3) is 5.91 Å². The summed E-state index contributed by atoms with van der Waals surface area (Å²) in [6.45, 7) is 3.89. The number of hydrogen-bond donors (Lipinski definition) is 2. The van der Waals surface area contributed by atoms with Crippen molar-refractivity contribution in [1.82, 2.24) is 20.4 Å². The molecule has 0 radical (unpaired) electrons. The highest BCUT2D eigenvalue weighted by Crippen LogP contribution is 2.43. The van der Waals surface area contributed by atoms with E-state index in [1.165, 1.54) is 0 Å². The normalized spacial score (nSPS) is 28.2. The molecule has 3 aliphatic rings. The number of piperidine rings is 1. The fourth-order valence-corrected chi connectivity index (χ4v) is 3.89. The van der Waals surface area contributed by atoms with Crippen LogP contribution >= 0.6 is 0 Å². The zero-order chi connectivity index (χ0) is 15.3. The van der Waals surface area contributed by atoms with Gasteiger partial charge >= 0.3 is 0 Å². The molecule has 3 fully saturated rings. The van der Waals surface area contributed by atoms with Crippen molar-refractivity contribution in [3.8, 4) is 0 Å². The molecule has 6 nitrogen and oxygen atoms in total. The zero-order valence-corrected chi connectivity index (χ0v) is 12.9. The second-order valence-electron chi connectivity index (χ2n) is 7.00. The molecule has 2 N–H and O–H groups in total. The number of nitrogens with zero attached hydrogens (tertiary/aromatic N) is 2. The highest BCUT2D eigenvalue weighted by atomic mass is 16.2. The van der Waals surface area contributed by atoms with Crippen LogP contribution in [0.4, 0.5) is 0 Å². The first-order valence-corrected chi connectivity index (χ1v) is 8.23. The third-order valence-corrected chi connectivity index (χ3v) is 5.39. The number of hydrogen-bond acceptors (Lipinski definition) is 3. The van der Waals surface area contributed by atoms with Gasteiger partial charge in [0.05, 0.1) is 16.7 Å². The van der Waals surface area contributed by atoms with Crippen molar-refractivity contribution < 1.29 is 9.59 Å². The smallest absolute Gasteiger partial charge is 0.257 e. The molecular formula is C16H22N4O2. The number of aryl methyl sites for hydroxylation is 1. The number of H-pyrrole nitrogens is 1. The number of carbonyl (C=O) groups is 2. The highest BCUT2D eigenvalue weighted by Gasteiger charge is 2.47. The Labute approximate surface area is 129 Å². The maximum atomic E-state index is 12.9. The maximum absolute atomic E-state index is 12.9. The van der Waals surface area contributed by atoms with Crippen molar-refractivity contribution in [2.45, 2.75) is 44.9 Å². The van der Waals surface area contributed by atoms with Gasteiger partial charge in [-0.05, 0) is 39.0 Å². The second-order valence-corrected chi connectivity index (χ2v) is 7.00. The number of aromatic amines is 1. The predicted molar refractivity (Wildman–Crippen MR) is 80.5 cm³/mol. The third-order valence-electron chi connectivity index (χ3n) is 5.39. The molecule has 1 aromatic heterocycles. The zero-order valence-electron chi connectivity index (χ0n) is 12.9. The Morgan fingerprint density at radius 1 is 1.36 bits per heavy atom. The fraction of sp³-hybridized carbons (Fsp3) is 0.688. The lowest BCUT2D eigenvalue weighted by Crippen LogP contribution is -2.47. The molecule has 6 heteroatoms. The van der Waals surface area contributed by atoms with Crippen LogP contribution in [0, 0.1) is 12.3 Å². The molecule has 0 aromatic carbocycles. The fourth-order valence-electron chi connectivity index (χ4n) is 3.89. The van der Waals surface area contributed by atoms with Crippen molar-refractivity contribution in [3.63, 3.8) is 0 Å². The lowest BCUT2D eigenvalue weighted by molar-refractivity contribution is -0.132. The third kappa shape index (κ3) is 2.04. The Bertz CT molecular complexity index is 634. The topological polar surface area (TPSA) is 78.1 Å². The number of likely N-dealkylation sites (tertiary alicyclic amines) is 1. The molecule has 3 heterocycles. The summed E-state index contributed by atoms with van der Waals surface area (Å²) in [7, 11) is 0. The quantitative estimate of drug-likeness (QED) is 0.865. The van der Waals surface area contributed by atoms with Crippen molar-refractivity contribution in [3.05, 3.63) is 17.0 Å². The number of nitrogens with one attached hydrogen (secondary N) is 2. The molecule has 118 valence electrons. The molecule has 2 aliphatic heterocycles. The summed E-state index contributed by atoms with van der Waals surface area (Å²) in [6, 6.07) is 0. The summed E-state index contributed by atoms with van der Waals surface area (Å²) in [4.78, 5) is 27.1. The first-order chi connectivity index (χ1) is 10.6. The van der Waals surface area contributed by atoms with E-state index in [4.69, 9.17) is 0 Å². The summed E-state index contributed by atoms with van der Waals surface area (Å²) in [5, 5.41) is 10.3. The van der Waals surface area contributed by atoms with Crippen LogP contribution in [-0.4, -0.2) is 46.5 Å². The van der Waals surface area contributed by atoms with E-state index < -0.39 is 0 Å². The molecule has 2 saturated heterocycles. The van der Waals surface area contributed by atoms with Crippen LogP contribution in [0.3, 0.4) is 0 Å². The van der Waals surface area contributed by atoms with E-state index in [0.29, 0.717) is 19.0 Å². The number of carbonyl (C=O) groups excluding carboxylic acids is 2. The molecule has 1 aliphatic carbocycles. The van der Waals surface area contributed by atoms with Crippen molar-refractivity contribution in [1.29, 1.82) is 0 Å². The largest absolute Gasteiger partial charge is 0.356 e. The van der Waals surface area contributed by atoms with E-state index in [1.807, 2.05) is 11.8 Å². The lowest BCUT2D eigenvalue weighted by Gasteiger charge is -2.32. The van der Waals surface area contributed by atoms with Gasteiger partial charge < -0.3 is 10.2 Å². The number of rotatable bonds is 2. The average Bonchev–Trinajstić information content (AvgIpc) is 3.15. The maximum Gasteiger partial charge on any atom is 0.257 e.